The van der Waals surface area contributed by atoms with Crippen LogP contribution in [0.4, 0.5) is 0 Å². The fourth-order valence-electron chi connectivity index (χ4n) is 3.37. The molecule has 0 amide bonds. The molecular formula is C23H24N2O6. The molecule has 0 N–H and O–H groups in total. The molecule has 31 heavy (non-hydrogen) atoms. The molecule has 162 valence electrons. The predicted octanol–water partition coefficient (Wildman–Crippen LogP) is 4.00. The van der Waals surface area contributed by atoms with Crippen LogP contribution in [-0.2, 0) is 9.53 Å². The van der Waals surface area contributed by atoms with E-state index in [0.717, 1.165) is 5.56 Å². The van der Waals surface area contributed by atoms with Gasteiger partial charge in [0.1, 0.15) is 17.2 Å². The standard InChI is InChI=1S/C23H24N2O6/c1-14(2)16-11-15(31-13-26)9-10-18(16)25-19(12-17(24-25)23(27)30-5)22-20(28-3)7-6-8-21(22)29-4/h6-14H,1-5H3. The lowest BCUT2D eigenvalue weighted by molar-refractivity contribution is -0.120. The Morgan fingerprint density at radius 1 is 1.03 bits per heavy atom. The lowest BCUT2D eigenvalue weighted by atomic mass is 10.00. The molecule has 0 spiro atoms. The average Bonchev–Trinajstić information content (AvgIpc) is 3.22. The Kier molecular flexibility index (Phi) is 6.59. The van der Waals surface area contributed by atoms with Gasteiger partial charge in [0.2, 0.25) is 0 Å². The summed E-state index contributed by atoms with van der Waals surface area (Å²) in [6.45, 7) is 4.41. The third-order valence-corrected chi connectivity index (χ3v) is 4.82. The third kappa shape index (κ3) is 4.23. The van der Waals surface area contributed by atoms with E-state index < -0.39 is 5.97 Å². The molecule has 8 heteroatoms. The minimum Gasteiger partial charge on any atom is -0.496 e. The topological polar surface area (TPSA) is 88.9 Å². The van der Waals surface area contributed by atoms with Gasteiger partial charge < -0.3 is 18.9 Å². The first kappa shape index (κ1) is 21.9. The van der Waals surface area contributed by atoms with Gasteiger partial charge in [0, 0.05) is 0 Å². The van der Waals surface area contributed by atoms with Crippen LogP contribution in [0, 0.1) is 0 Å². The van der Waals surface area contributed by atoms with Crippen LogP contribution in [0.1, 0.15) is 35.8 Å². The zero-order chi connectivity index (χ0) is 22.5. The van der Waals surface area contributed by atoms with Gasteiger partial charge in [-0.1, -0.05) is 19.9 Å². The lowest BCUT2D eigenvalue weighted by Gasteiger charge is -2.18. The van der Waals surface area contributed by atoms with E-state index in [0.29, 0.717) is 40.7 Å². The van der Waals surface area contributed by atoms with Gasteiger partial charge in [0.25, 0.3) is 6.47 Å². The van der Waals surface area contributed by atoms with E-state index in [1.807, 2.05) is 19.9 Å². The van der Waals surface area contributed by atoms with E-state index >= 15 is 0 Å². The largest absolute Gasteiger partial charge is 0.496 e. The molecule has 0 aliphatic heterocycles. The van der Waals surface area contributed by atoms with Crippen molar-refractivity contribution in [1.29, 1.82) is 0 Å². The fraction of sp³-hybridized carbons (Fsp3) is 0.261. The van der Waals surface area contributed by atoms with Crippen molar-refractivity contribution < 1.29 is 28.5 Å². The molecule has 3 aromatic rings. The quantitative estimate of drug-likeness (QED) is 0.399. The number of benzene rings is 2. The van der Waals surface area contributed by atoms with Crippen LogP contribution < -0.4 is 14.2 Å². The number of nitrogens with zero attached hydrogens (tertiary/aromatic N) is 2. The van der Waals surface area contributed by atoms with Gasteiger partial charge in [-0.2, -0.15) is 5.10 Å². The molecule has 8 nitrogen and oxygen atoms in total. The summed E-state index contributed by atoms with van der Waals surface area (Å²) in [6, 6.07) is 12.3. The Morgan fingerprint density at radius 3 is 2.26 bits per heavy atom. The van der Waals surface area contributed by atoms with E-state index in [-0.39, 0.29) is 11.6 Å². The molecular weight excluding hydrogens is 400 g/mol. The van der Waals surface area contributed by atoms with Gasteiger partial charge in [-0.05, 0) is 47.9 Å². The van der Waals surface area contributed by atoms with Crippen LogP contribution in [0.5, 0.6) is 17.2 Å². The molecule has 1 aromatic heterocycles. The van der Waals surface area contributed by atoms with Gasteiger partial charge in [-0.3, -0.25) is 4.79 Å². The molecule has 0 saturated heterocycles. The van der Waals surface area contributed by atoms with E-state index in [4.69, 9.17) is 18.9 Å². The number of methoxy groups -OCH3 is 3. The SMILES string of the molecule is COC(=O)c1cc(-c2c(OC)cccc2OC)n(-c2ccc(OC=O)cc2C(C)C)n1. The first-order valence-corrected chi connectivity index (χ1v) is 9.59. The molecule has 0 fully saturated rings. The molecule has 0 atom stereocenters. The van der Waals surface area contributed by atoms with Crippen LogP contribution >= 0.6 is 0 Å². The van der Waals surface area contributed by atoms with E-state index in [2.05, 4.69) is 5.10 Å². The maximum absolute atomic E-state index is 12.3. The Morgan fingerprint density at radius 2 is 1.71 bits per heavy atom. The zero-order valence-corrected chi connectivity index (χ0v) is 18.0. The monoisotopic (exact) mass is 424 g/mol. The number of hydrogen-bond acceptors (Lipinski definition) is 7. The number of rotatable bonds is 8. The highest BCUT2D eigenvalue weighted by Gasteiger charge is 2.24. The van der Waals surface area contributed by atoms with Crippen molar-refractivity contribution in [3.8, 4) is 34.2 Å². The average molecular weight is 424 g/mol. The summed E-state index contributed by atoms with van der Waals surface area (Å²) in [5.74, 6) is 1.04. The van der Waals surface area contributed by atoms with E-state index in [9.17, 15) is 9.59 Å². The highest BCUT2D eigenvalue weighted by atomic mass is 16.5. The Hall–Kier alpha value is -3.81. The molecule has 0 unspecified atom stereocenters. The minimum atomic E-state index is -0.569. The Labute approximate surface area is 180 Å². The molecule has 0 radical (unpaired) electrons. The van der Waals surface area contributed by atoms with Crippen molar-refractivity contribution in [2.24, 2.45) is 0 Å². The van der Waals surface area contributed by atoms with E-state index in [1.165, 1.54) is 7.11 Å². The second kappa shape index (κ2) is 9.34. The summed E-state index contributed by atoms with van der Waals surface area (Å²) < 4.78 is 22.7. The fourth-order valence-corrected chi connectivity index (χ4v) is 3.37. The Balaban J connectivity index is 2.34. The summed E-state index contributed by atoms with van der Waals surface area (Å²) in [4.78, 5) is 23.1. The number of carbonyl (C=O) groups excluding carboxylic acids is 2. The van der Waals surface area contributed by atoms with Crippen LogP contribution in [-0.4, -0.2) is 43.6 Å². The number of ether oxygens (including phenoxy) is 4. The van der Waals surface area contributed by atoms with Gasteiger partial charge >= 0.3 is 5.97 Å². The molecule has 0 aliphatic carbocycles. The smallest absolute Gasteiger partial charge is 0.358 e. The number of esters is 1. The van der Waals surface area contributed by atoms with Gasteiger partial charge in [0.05, 0.1) is 38.3 Å². The van der Waals surface area contributed by atoms with Gasteiger partial charge in [-0.15, -0.1) is 0 Å². The first-order valence-electron chi connectivity index (χ1n) is 9.59. The molecule has 3 rings (SSSR count). The van der Waals surface area contributed by atoms with Crippen molar-refractivity contribution in [1.82, 2.24) is 9.78 Å². The first-order chi connectivity index (χ1) is 14.9. The molecule has 2 aromatic carbocycles. The van der Waals surface area contributed by atoms with E-state index in [1.54, 1.807) is 55.3 Å². The van der Waals surface area contributed by atoms with Crippen LogP contribution in [0.15, 0.2) is 42.5 Å². The van der Waals surface area contributed by atoms with Gasteiger partial charge in [-0.25, -0.2) is 9.48 Å². The molecule has 0 aliphatic rings. The predicted molar refractivity (Wildman–Crippen MR) is 114 cm³/mol. The number of aromatic nitrogens is 2. The Bertz CT molecular complexity index is 1080. The summed E-state index contributed by atoms with van der Waals surface area (Å²) in [5.41, 5.74) is 2.94. The minimum absolute atomic E-state index is 0.0726. The summed E-state index contributed by atoms with van der Waals surface area (Å²) >= 11 is 0. The van der Waals surface area contributed by atoms with Crippen molar-refractivity contribution >= 4 is 12.4 Å². The lowest BCUT2D eigenvalue weighted by Crippen LogP contribution is -2.08. The molecule has 1 heterocycles. The maximum Gasteiger partial charge on any atom is 0.358 e. The highest BCUT2D eigenvalue weighted by Crippen LogP contribution is 2.40. The van der Waals surface area contributed by atoms with Crippen LogP contribution in [0.3, 0.4) is 0 Å². The molecule has 0 bridgehead atoms. The maximum atomic E-state index is 12.3. The highest BCUT2D eigenvalue weighted by molar-refractivity contribution is 5.90. The van der Waals surface area contributed by atoms with Crippen LogP contribution in [0.2, 0.25) is 0 Å². The molecule has 0 saturated carbocycles. The summed E-state index contributed by atoms with van der Waals surface area (Å²) in [6.07, 6.45) is 0. The van der Waals surface area contributed by atoms with Crippen molar-refractivity contribution in [3.05, 3.63) is 53.7 Å². The van der Waals surface area contributed by atoms with Crippen molar-refractivity contribution in [2.75, 3.05) is 21.3 Å². The second-order valence-electron chi connectivity index (χ2n) is 6.95. The summed E-state index contributed by atoms with van der Waals surface area (Å²) in [5, 5.41) is 4.52. The number of carbonyl (C=O) groups is 2. The number of hydrogen-bond donors (Lipinski definition) is 0. The third-order valence-electron chi connectivity index (χ3n) is 4.82. The van der Waals surface area contributed by atoms with Gasteiger partial charge in [0.15, 0.2) is 5.69 Å². The van der Waals surface area contributed by atoms with Crippen molar-refractivity contribution in [2.45, 2.75) is 19.8 Å². The van der Waals surface area contributed by atoms with Crippen molar-refractivity contribution in [3.63, 3.8) is 0 Å². The normalized spacial score (nSPS) is 10.6. The summed E-state index contributed by atoms with van der Waals surface area (Å²) in [7, 11) is 4.42. The zero-order valence-electron chi connectivity index (χ0n) is 18.0. The van der Waals surface area contributed by atoms with Crippen LogP contribution in [0.25, 0.3) is 16.9 Å². The second-order valence-corrected chi connectivity index (χ2v) is 6.95.